The van der Waals surface area contributed by atoms with Gasteiger partial charge in [-0.2, -0.15) is 0 Å². The lowest BCUT2D eigenvalue weighted by Crippen LogP contribution is -2.44. The van der Waals surface area contributed by atoms with Gasteiger partial charge >= 0.3 is 5.97 Å². The van der Waals surface area contributed by atoms with Crippen molar-refractivity contribution in [1.29, 1.82) is 0 Å². The molecule has 1 aliphatic heterocycles. The Bertz CT molecular complexity index is 1100. The molecule has 0 saturated carbocycles. The number of carbonyl (C=O) groups is 2. The molecule has 0 saturated heterocycles. The van der Waals surface area contributed by atoms with Crippen LogP contribution in [0.2, 0.25) is 0 Å². The molecule has 180 valence electrons. The SMILES string of the molecule is CCOc1cc(/C=C2\N=C(c3ccc(F)cc3)OC2=O)ccc1OCC(=O)N(C(C)C)C(C)C. The molecule has 0 fully saturated rings. The van der Waals surface area contributed by atoms with Crippen molar-refractivity contribution in [3.05, 3.63) is 65.1 Å². The van der Waals surface area contributed by atoms with E-state index in [0.29, 0.717) is 29.2 Å². The van der Waals surface area contributed by atoms with Crippen LogP contribution < -0.4 is 9.47 Å². The summed E-state index contributed by atoms with van der Waals surface area (Å²) >= 11 is 0. The van der Waals surface area contributed by atoms with Gasteiger partial charge in [-0.15, -0.1) is 0 Å². The van der Waals surface area contributed by atoms with E-state index in [2.05, 4.69) is 4.99 Å². The van der Waals surface area contributed by atoms with Crippen LogP contribution in [0.25, 0.3) is 6.08 Å². The number of nitrogens with zero attached hydrogens (tertiary/aromatic N) is 2. The summed E-state index contributed by atoms with van der Waals surface area (Å²) in [6, 6.07) is 10.8. The molecule has 0 aliphatic carbocycles. The Balaban J connectivity index is 1.79. The molecule has 2 aromatic carbocycles. The summed E-state index contributed by atoms with van der Waals surface area (Å²) in [7, 11) is 0. The van der Waals surface area contributed by atoms with Gasteiger partial charge in [-0.05, 0) is 82.7 Å². The number of esters is 1. The maximum atomic E-state index is 13.2. The minimum Gasteiger partial charge on any atom is -0.490 e. The minimum atomic E-state index is -0.606. The van der Waals surface area contributed by atoms with Gasteiger partial charge in [0.05, 0.1) is 6.61 Å². The quantitative estimate of drug-likeness (QED) is 0.397. The van der Waals surface area contributed by atoms with E-state index in [1.165, 1.54) is 24.3 Å². The van der Waals surface area contributed by atoms with Crippen LogP contribution in [0.15, 0.2) is 53.2 Å². The number of hydrogen-bond acceptors (Lipinski definition) is 6. The first-order valence-corrected chi connectivity index (χ1v) is 11.2. The molecule has 1 heterocycles. The van der Waals surface area contributed by atoms with E-state index in [1.54, 1.807) is 29.2 Å². The third-order valence-corrected chi connectivity index (χ3v) is 5.03. The molecule has 34 heavy (non-hydrogen) atoms. The monoisotopic (exact) mass is 468 g/mol. The molecule has 0 atom stereocenters. The molecule has 0 aromatic heterocycles. The van der Waals surface area contributed by atoms with Crippen LogP contribution in [0.5, 0.6) is 11.5 Å². The van der Waals surface area contributed by atoms with E-state index >= 15 is 0 Å². The Kier molecular flexibility index (Phi) is 8.04. The summed E-state index contributed by atoms with van der Waals surface area (Å²) < 4.78 is 29.8. The Morgan fingerprint density at radius 1 is 1.06 bits per heavy atom. The molecule has 0 bridgehead atoms. The molecule has 0 spiro atoms. The standard InChI is InChI=1S/C26H29FN2O5/c1-6-32-23-14-18(7-12-22(23)33-15-24(30)29(16(2)3)17(4)5)13-21-26(31)34-25(28-21)19-8-10-20(27)11-9-19/h7-14,16-17H,6,15H2,1-5H3/b21-13-. The maximum absolute atomic E-state index is 13.2. The third-order valence-electron chi connectivity index (χ3n) is 5.03. The molecule has 2 aromatic rings. The number of hydrogen-bond donors (Lipinski definition) is 0. The minimum absolute atomic E-state index is 0.0583. The van der Waals surface area contributed by atoms with Gasteiger partial charge in [0.15, 0.2) is 23.8 Å². The van der Waals surface area contributed by atoms with Crippen LogP contribution in [-0.2, 0) is 14.3 Å². The van der Waals surface area contributed by atoms with E-state index in [4.69, 9.17) is 14.2 Å². The zero-order valence-electron chi connectivity index (χ0n) is 20.0. The van der Waals surface area contributed by atoms with Crippen molar-refractivity contribution in [1.82, 2.24) is 4.90 Å². The number of cyclic esters (lactones) is 1. The first kappa shape index (κ1) is 25.0. The second-order valence-electron chi connectivity index (χ2n) is 8.26. The van der Waals surface area contributed by atoms with Gasteiger partial charge < -0.3 is 19.1 Å². The van der Waals surface area contributed by atoms with E-state index in [1.807, 2.05) is 34.6 Å². The highest BCUT2D eigenvalue weighted by Gasteiger charge is 2.25. The highest BCUT2D eigenvalue weighted by molar-refractivity contribution is 6.12. The molecule has 3 rings (SSSR count). The number of carbonyl (C=O) groups excluding carboxylic acids is 2. The Morgan fingerprint density at radius 3 is 2.35 bits per heavy atom. The summed E-state index contributed by atoms with van der Waals surface area (Å²) in [5.74, 6) is -0.132. The van der Waals surface area contributed by atoms with Gasteiger partial charge in [-0.3, -0.25) is 4.79 Å². The first-order valence-electron chi connectivity index (χ1n) is 11.2. The zero-order valence-corrected chi connectivity index (χ0v) is 20.0. The van der Waals surface area contributed by atoms with Crippen molar-refractivity contribution in [3.63, 3.8) is 0 Å². The van der Waals surface area contributed by atoms with Crippen molar-refractivity contribution in [2.75, 3.05) is 13.2 Å². The van der Waals surface area contributed by atoms with Gasteiger partial charge in [0.1, 0.15) is 5.82 Å². The van der Waals surface area contributed by atoms with E-state index in [9.17, 15) is 14.0 Å². The van der Waals surface area contributed by atoms with Crippen LogP contribution in [-0.4, -0.2) is 48.0 Å². The number of amides is 1. The summed E-state index contributed by atoms with van der Waals surface area (Å²) in [4.78, 5) is 30.9. The topological polar surface area (TPSA) is 77.4 Å². The summed E-state index contributed by atoms with van der Waals surface area (Å²) in [5, 5.41) is 0. The van der Waals surface area contributed by atoms with Crippen molar-refractivity contribution in [2.45, 2.75) is 46.7 Å². The number of ether oxygens (including phenoxy) is 3. The third kappa shape index (κ3) is 6.01. The Morgan fingerprint density at radius 2 is 1.74 bits per heavy atom. The lowest BCUT2D eigenvalue weighted by atomic mass is 10.1. The average molecular weight is 469 g/mol. The van der Waals surface area contributed by atoms with Gasteiger partial charge in [0.25, 0.3) is 5.91 Å². The second-order valence-corrected chi connectivity index (χ2v) is 8.26. The van der Waals surface area contributed by atoms with Gasteiger partial charge in [-0.1, -0.05) is 6.07 Å². The summed E-state index contributed by atoms with van der Waals surface area (Å²) in [5.41, 5.74) is 1.25. The van der Waals surface area contributed by atoms with Crippen molar-refractivity contribution >= 4 is 23.9 Å². The largest absolute Gasteiger partial charge is 0.490 e. The van der Waals surface area contributed by atoms with Crippen LogP contribution in [0.1, 0.15) is 45.7 Å². The fraction of sp³-hybridized carbons (Fsp3) is 0.346. The van der Waals surface area contributed by atoms with Gasteiger partial charge in [0.2, 0.25) is 5.90 Å². The number of aliphatic imine (C=N–C) groups is 1. The first-order chi connectivity index (χ1) is 16.2. The van der Waals surface area contributed by atoms with Crippen LogP contribution >= 0.6 is 0 Å². The molecule has 7 nitrogen and oxygen atoms in total. The van der Waals surface area contributed by atoms with Gasteiger partial charge in [0, 0.05) is 17.6 Å². The van der Waals surface area contributed by atoms with Crippen molar-refractivity contribution in [3.8, 4) is 11.5 Å². The average Bonchev–Trinajstić information content (AvgIpc) is 3.13. The molecular weight excluding hydrogens is 439 g/mol. The van der Waals surface area contributed by atoms with Crippen LogP contribution in [0.3, 0.4) is 0 Å². The summed E-state index contributed by atoms with van der Waals surface area (Å²) in [6.45, 7) is 9.96. The predicted octanol–water partition coefficient (Wildman–Crippen LogP) is 4.59. The second kappa shape index (κ2) is 11.0. The molecule has 1 amide bonds. The van der Waals surface area contributed by atoms with E-state index in [-0.39, 0.29) is 36.2 Å². The van der Waals surface area contributed by atoms with E-state index in [0.717, 1.165) is 0 Å². The van der Waals surface area contributed by atoms with E-state index < -0.39 is 11.8 Å². The lowest BCUT2D eigenvalue weighted by molar-refractivity contribution is -0.137. The fourth-order valence-corrected chi connectivity index (χ4v) is 3.67. The fourth-order valence-electron chi connectivity index (χ4n) is 3.67. The van der Waals surface area contributed by atoms with Crippen molar-refractivity contribution in [2.24, 2.45) is 4.99 Å². The molecule has 0 radical (unpaired) electrons. The number of rotatable bonds is 9. The molecule has 0 unspecified atom stereocenters. The molecule has 8 heteroatoms. The highest BCUT2D eigenvalue weighted by Crippen LogP contribution is 2.30. The smallest absolute Gasteiger partial charge is 0.363 e. The van der Waals surface area contributed by atoms with Gasteiger partial charge in [-0.25, -0.2) is 14.2 Å². The lowest BCUT2D eigenvalue weighted by Gasteiger charge is -2.30. The maximum Gasteiger partial charge on any atom is 0.363 e. The highest BCUT2D eigenvalue weighted by atomic mass is 19.1. The number of benzene rings is 2. The van der Waals surface area contributed by atoms with Crippen molar-refractivity contribution < 1.29 is 28.2 Å². The zero-order chi connectivity index (χ0) is 24.8. The van der Waals surface area contributed by atoms with Crippen LogP contribution in [0.4, 0.5) is 4.39 Å². The molecular formula is C26H29FN2O5. The van der Waals surface area contributed by atoms with Crippen LogP contribution in [0, 0.1) is 5.82 Å². The molecule has 0 N–H and O–H groups in total. The molecule has 1 aliphatic rings. The Hall–Kier alpha value is -3.68. The predicted molar refractivity (Wildman–Crippen MR) is 127 cm³/mol. The summed E-state index contributed by atoms with van der Waals surface area (Å²) in [6.07, 6.45) is 1.57. The number of halogens is 1. The normalized spacial score (nSPS) is 14.4. The Labute approximate surface area is 198 Å².